The predicted octanol–water partition coefficient (Wildman–Crippen LogP) is 2.91. The summed E-state index contributed by atoms with van der Waals surface area (Å²) in [6, 6.07) is 4.58. The maximum Gasteiger partial charge on any atom is 0.416 e. The average molecular weight is 300 g/mol. The van der Waals surface area contributed by atoms with Crippen LogP contribution in [0.5, 0.6) is 0 Å². The minimum atomic E-state index is -4.43. The van der Waals surface area contributed by atoms with Gasteiger partial charge in [-0.15, -0.1) is 0 Å². The van der Waals surface area contributed by atoms with Gasteiger partial charge in [-0.05, 0) is 43.0 Å². The van der Waals surface area contributed by atoms with Crippen LogP contribution in [0.25, 0.3) is 0 Å². The van der Waals surface area contributed by atoms with E-state index in [1.807, 2.05) is 0 Å². The van der Waals surface area contributed by atoms with Crippen LogP contribution in [0.2, 0.25) is 0 Å². The summed E-state index contributed by atoms with van der Waals surface area (Å²) < 4.78 is 38.0. The van der Waals surface area contributed by atoms with Crippen LogP contribution in [0, 0.1) is 5.41 Å². The Hall–Kier alpha value is -1.56. The highest BCUT2D eigenvalue weighted by Crippen LogP contribution is 2.32. The minimum absolute atomic E-state index is 0.0185. The number of nitrogens with zero attached hydrogens (tertiary/aromatic N) is 1. The number of nitrogens with two attached hydrogens (primary N) is 1. The molecule has 1 aliphatic heterocycles. The SMILES string of the molecule is CC1(CN)CCN(C(=O)c2cccc(C(F)(F)F)c2)CC1. The fourth-order valence-electron chi connectivity index (χ4n) is 2.46. The third kappa shape index (κ3) is 3.56. The lowest BCUT2D eigenvalue weighted by atomic mass is 9.80. The zero-order valence-electron chi connectivity index (χ0n) is 11.9. The van der Waals surface area contributed by atoms with E-state index in [-0.39, 0.29) is 16.9 Å². The normalized spacial score (nSPS) is 18.6. The van der Waals surface area contributed by atoms with Gasteiger partial charge in [-0.3, -0.25) is 4.79 Å². The molecule has 2 rings (SSSR count). The quantitative estimate of drug-likeness (QED) is 0.913. The van der Waals surface area contributed by atoms with Crippen LogP contribution in [0.15, 0.2) is 24.3 Å². The summed E-state index contributed by atoms with van der Waals surface area (Å²) in [5.41, 5.74) is 5.02. The summed E-state index contributed by atoms with van der Waals surface area (Å²) >= 11 is 0. The lowest BCUT2D eigenvalue weighted by Crippen LogP contribution is -2.44. The zero-order valence-corrected chi connectivity index (χ0v) is 11.9. The van der Waals surface area contributed by atoms with Crippen LogP contribution in [0.1, 0.15) is 35.7 Å². The van der Waals surface area contributed by atoms with Crippen molar-refractivity contribution in [1.29, 1.82) is 0 Å². The van der Waals surface area contributed by atoms with E-state index >= 15 is 0 Å². The molecular formula is C15H19F3N2O. The number of halogens is 3. The monoisotopic (exact) mass is 300 g/mol. The Morgan fingerprint density at radius 2 is 1.95 bits per heavy atom. The van der Waals surface area contributed by atoms with E-state index in [2.05, 4.69) is 6.92 Å². The second-order valence-electron chi connectivity index (χ2n) is 5.89. The fraction of sp³-hybridized carbons (Fsp3) is 0.533. The molecule has 1 amide bonds. The molecule has 0 aromatic heterocycles. The van der Waals surface area contributed by atoms with Gasteiger partial charge in [0.2, 0.25) is 0 Å². The van der Waals surface area contributed by atoms with Crippen molar-refractivity contribution < 1.29 is 18.0 Å². The molecule has 0 spiro atoms. The molecule has 0 atom stereocenters. The van der Waals surface area contributed by atoms with Crippen molar-refractivity contribution in [3.05, 3.63) is 35.4 Å². The largest absolute Gasteiger partial charge is 0.416 e. The van der Waals surface area contributed by atoms with E-state index < -0.39 is 11.7 Å². The Morgan fingerprint density at radius 1 is 1.33 bits per heavy atom. The molecule has 1 heterocycles. The van der Waals surface area contributed by atoms with E-state index in [4.69, 9.17) is 5.73 Å². The van der Waals surface area contributed by atoms with Gasteiger partial charge in [-0.25, -0.2) is 0 Å². The number of rotatable bonds is 2. The van der Waals surface area contributed by atoms with E-state index in [9.17, 15) is 18.0 Å². The zero-order chi connectivity index (χ0) is 15.7. The summed E-state index contributed by atoms with van der Waals surface area (Å²) in [6.07, 6.45) is -2.89. The second kappa shape index (κ2) is 5.67. The van der Waals surface area contributed by atoms with E-state index in [0.717, 1.165) is 25.0 Å². The van der Waals surface area contributed by atoms with Crippen LogP contribution in [-0.4, -0.2) is 30.4 Å². The first-order chi connectivity index (χ1) is 9.75. The summed E-state index contributed by atoms with van der Waals surface area (Å²) in [5.74, 6) is -0.347. The Labute approximate surface area is 121 Å². The van der Waals surface area contributed by atoms with Gasteiger partial charge in [0.1, 0.15) is 0 Å². The lowest BCUT2D eigenvalue weighted by molar-refractivity contribution is -0.137. The Bertz CT molecular complexity index is 520. The topological polar surface area (TPSA) is 46.3 Å². The first-order valence-corrected chi connectivity index (χ1v) is 6.92. The molecule has 3 nitrogen and oxygen atoms in total. The number of alkyl halides is 3. The molecule has 1 fully saturated rings. The van der Waals surface area contributed by atoms with Crippen LogP contribution < -0.4 is 5.73 Å². The second-order valence-corrected chi connectivity index (χ2v) is 5.89. The number of carbonyl (C=O) groups excluding carboxylic acids is 1. The van der Waals surface area contributed by atoms with Gasteiger partial charge in [0.05, 0.1) is 5.56 Å². The molecule has 1 saturated heterocycles. The molecule has 116 valence electrons. The number of carbonyl (C=O) groups is 1. The number of benzene rings is 1. The number of hydrogen-bond donors (Lipinski definition) is 1. The molecule has 0 radical (unpaired) electrons. The molecule has 0 saturated carbocycles. The van der Waals surface area contributed by atoms with Gasteiger partial charge in [-0.1, -0.05) is 13.0 Å². The smallest absolute Gasteiger partial charge is 0.339 e. The van der Waals surface area contributed by atoms with Gasteiger partial charge in [0.25, 0.3) is 5.91 Å². The molecule has 2 N–H and O–H groups in total. The summed E-state index contributed by atoms with van der Waals surface area (Å²) in [5, 5.41) is 0. The van der Waals surface area contributed by atoms with Crippen LogP contribution in [0.3, 0.4) is 0 Å². The number of amides is 1. The van der Waals surface area contributed by atoms with Gasteiger partial charge in [-0.2, -0.15) is 13.2 Å². The highest BCUT2D eigenvalue weighted by molar-refractivity contribution is 5.94. The molecular weight excluding hydrogens is 281 g/mol. The first kappa shape index (κ1) is 15.8. The molecule has 1 aromatic carbocycles. The molecule has 1 aliphatic rings. The minimum Gasteiger partial charge on any atom is -0.339 e. The highest BCUT2D eigenvalue weighted by Gasteiger charge is 2.33. The van der Waals surface area contributed by atoms with Crippen molar-refractivity contribution in [3.8, 4) is 0 Å². The van der Waals surface area contributed by atoms with E-state index in [1.165, 1.54) is 12.1 Å². The third-order valence-electron chi connectivity index (χ3n) is 4.19. The number of piperidine rings is 1. The van der Waals surface area contributed by atoms with Crippen LogP contribution >= 0.6 is 0 Å². The Balaban J connectivity index is 2.11. The van der Waals surface area contributed by atoms with Gasteiger partial charge in [0.15, 0.2) is 0 Å². The Morgan fingerprint density at radius 3 is 2.48 bits per heavy atom. The fourth-order valence-corrected chi connectivity index (χ4v) is 2.46. The Kier molecular flexibility index (Phi) is 4.27. The highest BCUT2D eigenvalue weighted by atomic mass is 19.4. The first-order valence-electron chi connectivity index (χ1n) is 6.92. The third-order valence-corrected chi connectivity index (χ3v) is 4.19. The maximum absolute atomic E-state index is 12.7. The standard InChI is InChI=1S/C15H19F3N2O/c1-14(10-19)5-7-20(8-6-14)13(21)11-3-2-4-12(9-11)15(16,17)18/h2-4,9H,5-8,10,19H2,1H3. The van der Waals surface area contributed by atoms with E-state index in [0.29, 0.717) is 19.6 Å². The lowest BCUT2D eigenvalue weighted by Gasteiger charge is -2.38. The van der Waals surface area contributed by atoms with Crippen molar-refractivity contribution in [2.24, 2.45) is 11.1 Å². The predicted molar refractivity (Wildman–Crippen MR) is 73.7 cm³/mol. The van der Waals surface area contributed by atoms with Crippen LogP contribution in [-0.2, 0) is 6.18 Å². The van der Waals surface area contributed by atoms with Crippen molar-refractivity contribution in [3.63, 3.8) is 0 Å². The van der Waals surface area contributed by atoms with Crippen molar-refractivity contribution in [2.45, 2.75) is 25.9 Å². The molecule has 0 bridgehead atoms. The summed E-state index contributed by atoms with van der Waals surface area (Å²) in [6.45, 7) is 3.68. The number of likely N-dealkylation sites (tertiary alicyclic amines) is 1. The number of hydrogen-bond acceptors (Lipinski definition) is 2. The van der Waals surface area contributed by atoms with E-state index in [1.54, 1.807) is 4.90 Å². The summed E-state index contributed by atoms with van der Waals surface area (Å²) in [4.78, 5) is 13.9. The van der Waals surface area contributed by atoms with Gasteiger partial charge < -0.3 is 10.6 Å². The van der Waals surface area contributed by atoms with Gasteiger partial charge in [0, 0.05) is 18.7 Å². The maximum atomic E-state index is 12.7. The van der Waals surface area contributed by atoms with Gasteiger partial charge >= 0.3 is 6.18 Å². The van der Waals surface area contributed by atoms with Crippen molar-refractivity contribution >= 4 is 5.91 Å². The molecule has 21 heavy (non-hydrogen) atoms. The molecule has 0 aliphatic carbocycles. The van der Waals surface area contributed by atoms with Crippen molar-refractivity contribution in [2.75, 3.05) is 19.6 Å². The molecule has 0 unspecified atom stereocenters. The average Bonchev–Trinajstić information content (AvgIpc) is 2.47. The molecule has 1 aromatic rings. The van der Waals surface area contributed by atoms with Crippen molar-refractivity contribution in [1.82, 2.24) is 4.90 Å². The summed E-state index contributed by atoms with van der Waals surface area (Å²) in [7, 11) is 0. The molecule has 6 heteroatoms. The van der Waals surface area contributed by atoms with Crippen LogP contribution in [0.4, 0.5) is 13.2 Å².